The third-order valence-electron chi connectivity index (χ3n) is 2.42. The quantitative estimate of drug-likeness (QED) is 0.621. The molecule has 0 aliphatic carbocycles. The molecule has 13 heavy (non-hydrogen) atoms. The molecule has 0 aromatic heterocycles. The summed E-state index contributed by atoms with van der Waals surface area (Å²) < 4.78 is 0. The average molecular weight is 186 g/mol. The molecule has 0 amide bonds. The Morgan fingerprint density at radius 2 is 1.77 bits per heavy atom. The molecule has 1 heterocycles. The Hall–Kier alpha value is -0.0551. The molecule has 0 bridgehead atoms. The second-order valence-corrected chi connectivity index (χ2v) is 3.64. The molecule has 3 nitrogen and oxygen atoms in total. The van der Waals surface area contributed by atoms with Crippen LogP contribution in [0.25, 0.3) is 0 Å². The topological polar surface area (TPSA) is 43.7 Å². The molecular weight excluding hydrogens is 165 g/mol. The zero-order chi connectivity index (χ0) is 10.1. The molecule has 1 saturated heterocycles. The van der Waals surface area contributed by atoms with E-state index >= 15 is 0 Å². The number of likely N-dealkylation sites (tertiary alicyclic amines) is 1. The third kappa shape index (κ3) is 7.05. The molecule has 1 aliphatic heterocycles. The fraction of sp³-hybridized carbons (Fsp3) is 1.00. The van der Waals surface area contributed by atoms with Crippen LogP contribution in [0.3, 0.4) is 0 Å². The van der Waals surface area contributed by atoms with E-state index in [-0.39, 0.29) is 7.69 Å². The van der Waals surface area contributed by atoms with Crippen molar-refractivity contribution in [1.82, 2.24) is 4.90 Å². The summed E-state index contributed by atoms with van der Waals surface area (Å²) in [6, 6.07) is 0. The van der Waals surface area contributed by atoms with Crippen LogP contribution in [0.4, 0.5) is 0 Å². The lowest BCUT2D eigenvalue weighted by molar-refractivity contribution is 0.193. The van der Waals surface area contributed by atoms with E-state index < -0.39 is 0 Å². The van der Waals surface area contributed by atoms with Gasteiger partial charge in [-0.05, 0) is 44.8 Å². The lowest BCUT2D eigenvalue weighted by Crippen LogP contribution is -2.33. The molecular formula is C9H21BNO2. The van der Waals surface area contributed by atoms with Crippen LogP contribution < -0.4 is 0 Å². The van der Waals surface area contributed by atoms with E-state index in [1.807, 2.05) is 0 Å². The monoisotopic (exact) mass is 186 g/mol. The van der Waals surface area contributed by atoms with Crippen molar-refractivity contribution in [1.29, 1.82) is 0 Å². The van der Waals surface area contributed by atoms with Crippen molar-refractivity contribution in [3.05, 3.63) is 0 Å². The second kappa shape index (κ2) is 8.54. The summed E-state index contributed by atoms with van der Waals surface area (Å²) in [6.07, 6.45) is 4.15. The Balaban J connectivity index is 0.000000424. The van der Waals surface area contributed by atoms with Crippen LogP contribution in [-0.2, 0) is 0 Å². The molecule has 0 unspecified atom stereocenters. The van der Waals surface area contributed by atoms with Gasteiger partial charge in [0.15, 0.2) is 0 Å². The van der Waals surface area contributed by atoms with Gasteiger partial charge in [-0.25, -0.2) is 0 Å². The van der Waals surface area contributed by atoms with Gasteiger partial charge in [0.1, 0.15) is 0 Å². The molecule has 0 atom stereocenters. The fourth-order valence-electron chi connectivity index (χ4n) is 1.60. The maximum atomic E-state index is 7.00. The molecule has 0 aromatic carbocycles. The predicted molar refractivity (Wildman–Crippen MR) is 55.3 cm³/mol. The van der Waals surface area contributed by atoms with Gasteiger partial charge in [-0.15, -0.1) is 0 Å². The fourth-order valence-corrected chi connectivity index (χ4v) is 1.60. The van der Waals surface area contributed by atoms with Crippen molar-refractivity contribution in [2.45, 2.75) is 33.1 Å². The number of hydrogen-bond acceptors (Lipinski definition) is 3. The Bertz CT molecular complexity index is 106. The van der Waals surface area contributed by atoms with E-state index in [0.29, 0.717) is 0 Å². The molecule has 77 valence electrons. The highest BCUT2D eigenvalue weighted by atomic mass is 16.4. The van der Waals surface area contributed by atoms with E-state index in [4.69, 9.17) is 10.0 Å². The molecule has 2 N–H and O–H groups in total. The Morgan fingerprint density at radius 1 is 1.31 bits per heavy atom. The number of nitrogens with zero attached hydrogens (tertiary/aromatic N) is 1. The largest absolute Gasteiger partial charge is 0.482 e. The first-order valence-electron chi connectivity index (χ1n) is 5.07. The van der Waals surface area contributed by atoms with Gasteiger partial charge in [-0.1, -0.05) is 13.8 Å². The maximum Gasteiger partial charge on any atom is 0.482 e. The molecule has 1 rings (SSSR count). The Kier molecular flexibility index (Phi) is 8.50. The van der Waals surface area contributed by atoms with Gasteiger partial charge in [0, 0.05) is 0 Å². The summed E-state index contributed by atoms with van der Waals surface area (Å²) in [5.41, 5.74) is 0. The van der Waals surface area contributed by atoms with Crippen molar-refractivity contribution in [2.24, 2.45) is 5.92 Å². The van der Waals surface area contributed by atoms with Gasteiger partial charge in [0.25, 0.3) is 0 Å². The predicted octanol–water partition coefficient (Wildman–Crippen LogP) is 0.633. The zero-order valence-corrected chi connectivity index (χ0v) is 8.74. The lowest BCUT2D eigenvalue weighted by Gasteiger charge is -2.29. The molecule has 4 heteroatoms. The number of hydrogen-bond donors (Lipinski definition) is 2. The van der Waals surface area contributed by atoms with Crippen LogP contribution in [0.1, 0.15) is 33.1 Å². The maximum absolute atomic E-state index is 7.00. The minimum absolute atomic E-state index is 0. The molecule has 1 fully saturated rings. The highest BCUT2D eigenvalue weighted by Crippen LogP contribution is 2.15. The summed E-state index contributed by atoms with van der Waals surface area (Å²) in [7, 11) is 0. The van der Waals surface area contributed by atoms with Crippen LogP contribution >= 0.6 is 0 Å². The average Bonchev–Trinajstić information content (AvgIpc) is 2.11. The molecule has 0 spiro atoms. The SMILES string of the molecule is CCCN1CCC(C)CC1.O[B]O. The zero-order valence-electron chi connectivity index (χ0n) is 8.74. The summed E-state index contributed by atoms with van der Waals surface area (Å²) in [5.74, 6) is 0.980. The molecule has 1 aliphatic rings. The normalized spacial score (nSPS) is 19.1. The van der Waals surface area contributed by atoms with E-state index in [2.05, 4.69) is 18.7 Å². The number of rotatable bonds is 2. The van der Waals surface area contributed by atoms with Gasteiger partial charge in [0.05, 0.1) is 0 Å². The molecule has 0 aromatic rings. The second-order valence-electron chi connectivity index (χ2n) is 3.64. The summed E-state index contributed by atoms with van der Waals surface area (Å²) in [4.78, 5) is 2.58. The van der Waals surface area contributed by atoms with Crippen molar-refractivity contribution in [3.8, 4) is 0 Å². The van der Waals surface area contributed by atoms with Gasteiger partial charge in [-0.3, -0.25) is 0 Å². The molecule has 1 radical (unpaired) electrons. The number of piperidine rings is 1. The first-order valence-corrected chi connectivity index (χ1v) is 5.07. The van der Waals surface area contributed by atoms with Gasteiger partial charge < -0.3 is 14.9 Å². The minimum atomic E-state index is 0. The van der Waals surface area contributed by atoms with Crippen LogP contribution in [0.2, 0.25) is 0 Å². The van der Waals surface area contributed by atoms with Gasteiger partial charge >= 0.3 is 7.69 Å². The van der Waals surface area contributed by atoms with Crippen molar-refractivity contribution in [2.75, 3.05) is 19.6 Å². The highest BCUT2D eigenvalue weighted by Gasteiger charge is 2.13. The van der Waals surface area contributed by atoms with E-state index in [1.165, 1.54) is 38.9 Å². The lowest BCUT2D eigenvalue weighted by atomic mass is 9.99. The van der Waals surface area contributed by atoms with E-state index in [0.717, 1.165) is 5.92 Å². The van der Waals surface area contributed by atoms with Crippen LogP contribution in [0.5, 0.6) is 0 Å². The van der Waals surface area contributed by atoms with Crippen molar-refractivity contribution in [3.63, 3.8) is 0 Å². The van der Waals surface area contributed by atoms with Gasteiger partial charge in [-0.2, -0.15) is 0 Å². The first-order chi connectivity index (χ1) is 6.24. The van der Waals surface area contributed by atoms with Crippen molar-refractivity contribution < 1.29 is 10.0 Å². The van der Waals surface area contributed by atoms with E-state index in [9.17, 15) is 0 Å². The van der Waals surface area contributed by atoms with Crippen LogP contribution in [-0.4, -0.2) is 42.3 Å². The smallest absolute Gasteiger partial charge is 0.429 e. The summed E-state index contributed by atoms with van der Waals surface area (Å²) in [5, 5.41) is 14.0. The van der Waals surface area contributed by atoms with Crippen molar-refractivity contribution >= 4 is 7.69 Å². The first kappa shape index (κ1) is 12.9. The summed E-state index contributed by atoms with van der Waals surface area (Å²) >= 11 is 0. The summed E-state index contributed by atoms with van der Waals surface area (Å²) in [6.45, 7) is 8.62. The molecule has 0 saturated carbocycles. The van der Waals surface area contributed by atoms with Gasteiger partial charge in [0.2, 0.25) is 0 Å². The Labute approximate surface area is 82.1 Å². The third-order valence-corrected chi connectivity index (χ3v) is 2.42. The Morgan fingerprint density at radius 3 is 2.15 bits per heavy atom. The van der Waals surface area contributed by atoms with Crippen LogP contribution in [0.15, 0.2) is 0 Å². The van der Waals surface area contributed by atoms with E-state index in [1.54, 1.807) is 0 Å². The van der Waals surface area contributed by atoms with Crippen LogP contribution in [0, 0.1) is 5.92 Å². The highest BCUT2D eigenvalue weighted by molar-refractivity contribution is 6.13. The standard InChI is InChI=1S/C9H19N.BH2O2/c1-3-6-10-7-4-9(2)5-8-10;2-1-3/h9H,3-8H2,1-2H3;2-3H. The minimum Gasteiger partial charge on any atom is -0.429 e.